The maximum Gasteiger partial charge on any atom is 0.173 e. The van der Waals surface area contributed by atoms with Crippen molar-refractivity contribution < 1.29 is 9.13 Å². The van der Waals surface area contributed by atoms with Crippen LogP contribution < -0.4 is 10.5 Å². The number of halogens is 3. The summed E-state index contributed by atoms with van der Waals surface area (Å²) in [6.07, 6.45) is 0. The molecule has 0 fully saturated rings. The van der Waals surface area contributed by atoms with Crippen LogP contribution in [0.3, 0.4) is 0 Å². The van der Waals surface area contributed by atoms with E-state index in [4.69, 9.17) is 22.1 Å². The van der Waals surface area contributed by atoms with Crippen LogP contribution in [0, 0.1) is 5.82 Å². The van der Waals surface area contributed by atoms with Crippen molar-refractivity contribution in [1.82, 2.24) is 0 Å². The van der Waals surface area contributed by atoms with Gasteiger partial charge in [-0.1, -0.05) is 11.6 Å². The number of rotatable bonds is 3. The normalized spacial score (nSPS) is 11.8. The number of hydrogen-bond donors (Lipinski definition) is 1. The van der Waals surface area contributed by atoms with Crippen LogP contribution in [0.4, 0.5) is 4.39 Å². The van der Waals surface area contributed by atoms with Crippen LogP contribution >= 0.6 is 24.0 Å². The summed E-state index contributed by atoms with van der Waals surface area (Å²) >= 11 is 5.84. The van der Waals surface area contributed by atoms with Gasteiger partial charge < -0.3 is 10.5 Å². The zero-order valence-corrected chi connectivity index (χ0v) is 10.2. The average molecular weight is 254 g/mol. The molecule has 0 saturated carbocycles. The van der Waals surface area contributed by atoms with Crippen LogP contribution in [0.15, 0.2) is 12.1 Å². The summed E-state index contributed by atoms with van der Waals surface area (Å²) in [5, 5.41) is 0.263. The van der Waals surface area contributed by atoms with E-state index < -0.39 is 5.82 Å². The van der Waals surface area contributed by atoms with Crippen molar-refractivity contribution in [3.63, 3.8) is 0 Å². The molecule has 0 radical (unpaired) electrons. The molecule has 5 heteroatoms. The van der Waals surface area contributed by atoms with Gasteiger partial charge in [-0.15, -0.1) is 12.4 Å². The second-order valence-corrected chi connectivity index (χ2v) is 3.44. The fraction of sp³-hybridized carbons (Fsp3) is 0.400. The van der Waals surface area contributed by atoms with Crippen LogP contribution in [0.25, 0.3) is 0 Å². The molecule has 0 aromatic heterocycles. The largest absolute Gasteiger partial charge is 0.489 e. The fourth-order valence-corrected chi connectivity index (χ4v) is 1.40. The monoisotopic (exact) mass is 253 g/mol. The van der Waals surface area contributed by atoms with E-state index in [2.05, 4.69) is 0 Å². The first kappa shape index (κ1) is 14.5. The number of ether oxygens (including phenoxy) is 1. The molecule has 0 amide bonds. The van der Waals surface area contributed by atoms with Crippen LogP contribution in [-0.2, 0) is 0 Å². The molecule has 15 heavy (non-hydrogen) atoms. The molecule has 0 spiro atoms. The number of nitrogens with two attached hydrogens (primary N) is 1. The molecule has 1 rings (SSSR count). The summed E-state index contributed by atoms with van der Waals surface area (Å²) in [5.41, 5.74) is 6.27. The van der Waals surface area contributed by atoms with Gasteiger partial charge in [0.05, 0.1) is 11.6 Å². The van der Waals surface area contributed by atoms with E-state index >= 15 is 0 Å². The SMILES string of the molecule is CCOc1c(F)cc([C@H](C)N)cc1Cl.Cl. The minimum atomic E-state index is -0.466. The molecule has 1 aromatic carbocycles. The van der Waals surface area contributed by atoms with Crippen molar-refractivity contribution in [2.24, 2.45) is 5.73 Å². The molecule has 0 heterocycles. The molecule has 86 valence electrons. The topological polar surface area (TPSA) is 35.2 Å². The maximum atomic E-state index is 13.4. The van der Waals surface area contributed by atoms with Gasteiger partial charge >= 0.3 is 0 Å². The molecule has 0 aliphatic rings. The molecule has 0 aliphatic carbocycles. The summed E-state index contributed by atoms with van der Waals surface area (Å²) in [4.78, 5) is 0. The van der Waals surface area contributed by atoms with Crippen molar-refractivity contribution in [3.05, 3.63) is 28.5 Å². The van der Waals surface area contributed by atoms with Crippen molar-refractivity contribution in [2.75, 3.05) is 6.61 Å². The van der Waals surface area contributed by atoms with Crippen molar-refractivity contribution in [3.8, 4) is 5.75 Å². The molecule has 1 atom stereocenters. The third kappa shape index (κ3) is 3.52. The minimum absolute atomic E-state index is 0. The summed E-state index contributed by atoms with van der Waals surface area (Å²) in [7, 11) is 0. The minimum Gasteiger partial charge on any atom is -0.489 e. The third-order valence-electron chi connectivity index (χ3n) is 1.84. The smallest absolute Gasteiger partial charge is 0.173 e. The average Bonchev–Trinajstić information content (AvgIpc) is 2.10. The molecule has 2 N–H and O–H groups in total. The van der Waals surface area contributed by atoms with Crippen LogP contribution in [0.1, 0.15) is 25.5 Å². The van der Waals surface area contributed by atoms with Gasteiger partial charge in [-0.2, -0.15) is 0 Å². The van der Waals surface area contributed by atoms with Gasteiger partial charge in [0.25, 0.3) is 0 Å². The first-order valence-electron chi connectivity index (χ1n) is 4.43. The number of benzene rings is 1. The predicted octanol–water partition coefficient (Wildman–Crippen LogP) is 3.32. The van der Waals surface area contributed by atoms with E-state index in [0.29, 0.717) is 12.2 Å². The van der Waals surface area contributed by atoms with Crippen molar-refractivity contribution in [1.29, 1.82) is 0 Å². The Kier molecular flexibility index (Phi) is 5.95. The lowest BCUT2D eigenvalue weighted by molar-refractivity contribution is 0.321. The third-order valence-corrected chi connectivity index (χ3v) is 2.12. The Morgan fingerprint density at radius 2 is 2.13 bits per heavy atom. The number of hydrogen-bond acceptors (Lipinski definition) is 2. The molecule has 0 aliphatic heterocycles. The van der Waals surface area contributed by atoms with E-state index in [9.17, 15) is 4.39 Å². The summed E-state index contributed by atoms with van der Waals surface area (Å²) in [6, 6.07) is 2.74. The fourth-order valence-electron chi connectivity index (χ4n) is 1.12. The Labute approximate surface area is 100.0 Å². The van der Waals surface area contributed by atoms with Gasteiger partial charge in [-0.25, -0.2) is 4.39 Å². The van der Waals surface area contributed by atoms with E-state index in [1.54, 1.807) is 19.9 Å². The zero-order valence-electron chi connectivity index (χ0n) is 8.59. The van der Waals surface area contributed by atoms with E-state index in [-0.39, 0.29) is 29.2 Å². The Balaban J connectivity index is 0.00000196. The van der Waals surface area contributed by atoms with Gasteiger partial charge in [0, 0.05) is 6.04 Å². The lowest BCUT2D eigenvalue weighted by atomic mass is 10.1. The molecule has 0 unspecified atom stereocenters. The Bertz CT molecular complexity index is 308. The van der Waals surface area contributed by atoms with Gasteiger partial charge in [0.15, 0.2) is 11.6 Å². The van der Waals surface area contributed by atoms with E-state index in [1.165, 1.54) is 6.07 Å². The Hall–Kier alpha value is -0.510. The molecule has 0 saturated heterocycles. The highest BCUT2D eigenvalue weighted by atomic mass is 35.5. The quantitative estimate of drug-likeness (QED) is 0.897. The standard InChI is InChI=1S/C10H13ClFNO.ClH/c1-3-14-10-8(11)4-7(6(2)13)5-9(10)12;/h4-6H,3,13H2,1-2H3;1H/t6-;/m0./s1. The van der Waals surface area contributed by atoms with Gasteiger partial charge in [-0.3, -0.25) is 0 Å². The molecule has 1 aromatic rings. The van der Waals surface area contributed by atoms with Crippen molar-refractivity contribution in [2.45, 2.75) is 19.9 Å². The van der Waals surface area contributed by atoms with Crippen LogP contribution in [-0.4, -0.2) is 6.61 Å². The van der Waals surface area contributed by atoms with Gasteiger partial charge in [-0.05, 0) is 31.5 Å². The lowest BCUT2D eigenvalue weighted by Gasteiger charge is -2.11. The molecular formula is C10H14Cl2FNO. The van der Waals surface area contributed by atoms with E-state index in [1.807, 2.05) is 0 Å². The lowest BCUT2D eigenvalue weighted by Crippen LogP contribution is -2.06. The Morgan fingerprint density at radius 3 is 2.53 bits per heavy atom. The predicted molar refractivity (Wildman–Crippen MR) is 62.4 cm³/mol. The van der Waals surface area contributed by atoms with Gasteiger partial charge in [0.1, 0.15) is 0 Å². The summed E-state index contributed by atoms with van der Waals surface area (Å²) in [5.74, 6) is -0.370. The highest BCUT2D eigenvalue weighted by molar-refractivity contribution is 6.32. The summed E-state index contributed by atoms with van der Waals surface area (Å²) in [6.45, 7) is 3.93. The highest BCUT2D eigenvalue weighted by Crippen LogP contribution is 2.30. The molecule has 2 nitrogen and oxygen atoms in total. The van der Waals surface area contributed by atoms with E-state index in [0.717, 1.165) is 0 Å². The first-order chi connectivity index (χ1) is 6.56. The van der Waals surface area contributed by atoms with Gasteiger partial charge in [0.2, 0.25) is 0 Å². The first-order valence-corrected chi connectivity index (χ1v) is 4.81. The van der Waals surface area contributed by atoms with Crippen LogP contribution in [0.5, 0.6) is 5.75 Å². The Morgan fingerprint density at radius 1 is 1.53 bits per heavy atom. The maximum absolute atomic E-state index is 13.4. The molecule has 0 bridgehead atoms. The molecular weight excluding hydrogens is 240 g/mol. The second-order valence-electron chi connectivity index (χ2n) is 3.04. The van der Waals surface area contributed by atoms with Crippen LogP contribution in [0.2, 0.25) is 5.02 Å². The van der Waals surface area contributed by atoms with Crippen molar-refractivity contribution >= 4 is 24.0 Å². The summed E-state index contributed by atoms with van der Waals surface area (Å²) < 4.78 is 18.4. The second kappa shape index (κ2) is 6.16. The highest BCUT2D eigenvalue weighted by Gasteiger charge is 2.12. The zero-order chi connectivity index (χ0) is 10.7.